The smallest absolute Gasteiger partial charge is 0.245 e. The quantitative estimate of drug-likeness (QED) is 0.822. The van der Waals surface area contributed by atoms with Crippen molar-refractivity contribution >= 4 is 11.6 Å². The lowest BCUT2D eigenvalue weighted by Gasteiger charge is -2.26. The van der Waals surface area contributed by atoms with Crippen molar-refractivity contribution in [2.24, 2.45) is 0 Å². The molecule has 0 aliphatic heterocycles. The molecule has 0 saturated heterocycles. The van der Waals surface area contributed by atoms with Crippen molar-refractivity contribution in [1.29, 1.82) is 0 Å². The van der Waals surface area contributed by atoms with Crippen LogP contribution in [0.25, 0.3) is 0 Å². The number of methoxy groups -OCH3 is 1. The van der Waals surface area contributed by atoms with Crippen LogP contribution in [0.2, 0.25) is 0 Å². The molecule has 1 aromatic heterocycles. The Kier molecular flexibility index (Phi) is 5.26. The lowest BCUT2D eigenvalue weighted by molar-refractivity contribution is -0.124. The average molecular weight is 316 g/mol. The minimum Gasteiger partial charge on any atom is -0.497 e. The van der Waals surface area contributed by atoms with Gasteiger partial charge in [0.1, 0.15) is 11.3 Å². The Morgan fingerprint density at radius 2 is 2.00 bits per heavy atom. The maximum atomic E-state index is 12.4. The second-order valence-electron chi connectivity index (χ2n) is 6.02. The van der Waals surface area contributed by atoms with Gasteiger partial charge in [-0.05, 0) is 50.6 Å². The molecule has 1 aromatic carbocycles. The van der Waals surface area contributed by atoms with Crippen LogP contribution in [0.4, 0.5) is 5.69 Å². The van der Waals surface area contributed by atoms with E-state index in [1.54, 1.807) is 13.3 Å². The van der Waals surface area contributed by atoms with Gasteiger partial charge >= 0.3 is 0 Å². The number of aromatic nitrogens is 2. The van der Waals surface area contributed by atoms with Gasteiger partial charge in [0.05, 0.1) is 19.9 Å². The van der Waals surface area contributed by atoms with Crippen LogP contribution in [0, 0.1) is 6.92 Å². The molecule has 0 spiro atoms. The second kappa shape index (κ2) is 7.17. The van der Waals surface area contributed by atoms with Crippen LogP contribution in [-0.4, -0.2) is 34.9 Å². The van der Waals surface area contributed by atoms with E-state index in [1.807, 2.05) is 55.9 Å². The molecule has 0 aliphatic carbocycles. The first kappa shape index (κ1) is 16.9. The summed E-state index contributed by atoms with van der Waals surface area (Å²) < 4.78 is 6.95. The highest BCUT2D eigenvalue weighted by molar-refractivity contribution is 5.88. The number of nitrogens with zero attached hydrogens (tertiary/aromatic N) is 2. The van der Waals surface area contributed by atoms with E-state index in [1.165, 1.54) is 0 Å². The number of anilines is 1. The molecule has 1 amide bonds. The van der Waals surface area contributed by atoms with E-state index in [-0.39, 0.29) is 5.91 Å². The third-order valence-electron chi connectivity index (χ3n) is 3.50. The Morgan fingerprint density at radius 1 is 1.30 bits per heavy atom. The number of hydrogen-bond donors (Lipinski definition) is 2. The number of amides is 1. The third kappa shape index (κ3) is 4.74. The van der Waals surface area contributed by atoms with Gasteiger partial charge in [0.2, 0.25) is 5.91 Å². The summed E-state index contributed by atoms with van der Waals surface area (Å²) >= 11 is 0. The summed E-state index contributed by atoms with van der Waals surface area (Å²) in [5, 5.41) is 10.4. The van der Waals surface area contributed by atoms with Gasteiger partial charge < -0.3 is 15.4 Å². The van der Waals surface area contributed by atoms with Crippen LogP contribution >= 0.6 is 0 Å². The van der Waals surface area contributed by atoms with Crippen molar-refractivity contribution in [3.8, 4) is 5.75 Å². The van der Waals surface area contributed by atoms with E-state index < -0.39 is 5.54 Å². The molecular weight excluding hydrogens is 292 g/mol. The summed E-state index contributed by atoms with van der Waals surface area (Å²) in [4.78, 5) is 12.4. The van der Waals surface area contributed by atoms with E-state index in [0.29, 0.717) is 13.1 Å². The molecule has 2 N–H and O–H groups in total. The Balaban J connectivity index is 1.85. The number of ether oxygens (including phenoxy) is 1. The number of aryl methyl sites for hydroxylation is 1. The van der Waals surface area contributed by atoms with Crippen LogP contribution in [0.15, 0.2) is 36.7 Å². The highest BCUT2D eigenvalue weighted by Crippen LogP contribution is 2.19. The highest BCUT2D eigenvalue weighted by Gasteiger charge is 2.26. The monoisotopic (exact) mass is 316 g/mol. The molecule has 6 nitrogen and oxygen atoms in total. The van der Waals surface area contributed by atoms with Crippen molar-refractivity contribution in [3.05, 3.63) is 42.2 Å². The number of carbonyl (C=O) groups is 1. The van der Waals surface area contributed by atoms with Gasteiger partial charge in [0.25, 0.3) is 0 Å². The van der Waals surface area contributed by atoms with Crippen molar-refractivity contribution in [3.63, 3.8) is 0 Å². The molecule has 0 saturated carbocycles. The van der Waals surface area contributed by atoms with Gasteiger partial charge in [-0.25, -0.2) is 0 Å². The van der Waals surface area contributed by atoms with Gasteiger partial charge in [-0.1, -0.05) is 0 Å². The van der Waals surface area contributed by atoms with Crippen LogP contribution in [-0.2, 0) is 11.3 Å². The summed E-state index contributed by atoms with van der Waals surface area (Å²) in [5.41, 5.74) is 1.26. The first-order valence-electron chi connectivity index (χ1n) is 7.60. The lowest BCUT2D eigenvalue weighted by atomic mass is 10.0. The lowest BCUT2D eigenvalue weighted by Crippen LogP contribution is -2.48. The van der Waals surface area contributed by atoms with Crippen molar-refractivity contribution in [1.82, 2.24) is 15.1 Å². The number of carbonyl (C=O) groups excluding carboxylic acids is 1. The molecule has 23 heavy (non-hydrogen) atoms. The maximum Gasteiger partial charge on any atom is 0.245 e. The molecule has 0 aliphatic rings. The van der Waals surface area contributed by atoms with E-state index >= 15 is 0 Å². The Bertz CT molecular complexity index is 647. The van der Waals surface area contributed by atoms with Crippen molar-refractivity contribution < 1.29 is 9.53 Å². The molecule has 0 bridgehead atoms. The fraction of sp³-hybridized carbons (Fsp3) is 0.412. The van der Waals surface area contributed by atoms with E-state index in [9.17, 15) is 4.79 Å². The van der Waals surface area contributed by atoms with Crippen LogP contribution in [0.3, 0.4) is 0 Å². The normalized spacial score (nSPS) is 11.1. The summed E-state index contributed by atoms with van der Waals surface area (Å²) in [6.07, 6.45) is 3.75. The van der Waals surface area contributed by atoms with Gasteiger partial charge in [-0.3, -0.25) is 9.48 Å². The van der Waals surface area contributed by atoms with Gasteiger partial charge in [-0.15, -0.1) is 0 Å². The molecule has 0 radical (unpaired) electrons. The average Bonchev–Trinajstić information content (AvgIpc) is 2.93. The predicted molar refractivity (Wildman–Crippen MR) is 90.7 cm³/mol. The minimum atomic E-state index is -0.714. The zero-order valence-corrected chi connectivity index (χ0v) is 14.1. The van der Waals surface area contributed by atoms with Gasteiger partial charge in [0, 0.05) is 18.4 Å². The number of nitrogens with one attached hydrogen (secondary N) is 2. The number of hydrogen-bond acceptors (Lipinski definition) is 4. The number of benzene rings is 1. The molecule has 6 heteroatoms. The second-order valence-corrected chi connectivity index (χ2v) is 6.02. The SMILES string of the molecule is COc1ccc(NC(C)(C)C(=O)NCCn2cc(C)cn2)cc1. The summed E-state index contributed by atoms with van der Waals surface area (Å²) in [6, 6.07) is 7.49. The highest BCUT2D eigenvalue weighted by atomic mass is 16.5. The van der Waals surface area contributed by atoms with Gasteiger partial charge in [-0.2, -0.15) is 5.10 Å². The fourth-order valence-electron chi connectivity index (χ4n) is 2.19. The predicted octanol–water partition coefficient (Wildman–Crippen LogP) is 2.21. The standard InChI is InChI=1S/C17H24N4O2/c1-13-11-19-21(12-13)10-9-18-16(22)17(2,3)20-14-5-7-15(23-4)8-6-14/h5-8,11-12,20H,9-10H2,1-4H3,(H,18,22). The van der Waals surface area contributed by atoms with E-state index in [4.69, 9.17) is 4.74 Å². The summed E-state index contributed by atoms with van der Waals surface area (Å²) in [6.45, 7) is 6.88. The molecule has 0 fully saturated rings. The topological polar surface area (TPSA) is 68.2 Å². The molecule has 0 atom stereocenters. The van der Waals surface area contributed by atoms with Crippen LogP contribution in [0.1, 0.15) is 19.4 Å². The van der Waals surface area contributed by atoms with Crippen LogP contribution < -0.4 is 15.4 Å². The first-order valence-corrected chi connectivity index (χ1v) is 7.60. The van der Waals surface area contributed by atoms with Gasteiger partial charge in [0.15, 0.2) is 0 Å². The third-order valence-corrected chi connectivity index (χ3v) is 3.50. The van der Waals surface area contributed by atoms with E-state index in [0.717, 1.165) is 17.0 Å². The van der Waals surface area contributed by atoms with Crippen molar-refractivity contribution in [2.45, 2.75) is 32.9 Å². The largest absolute Gasteiger partial charge is 0.497 e. The molecular formula is C17H24N4O2. The van der Waals surface area contributed by atoms with Crippen molar-refractivity contribution in [2.75, 3.05) is 19.0 Å². The zero-order chi connectivity index (χ0) is 16.9. The van der Waals surface area contributed by atoms with E-state index in [2.05, 4.69) is 15.7 Å². The number of rotatable bonds is 7. The molecule has 124 valence electrons. The minimum absolute atomic E-state index is 0.0582. The molecule has 2 aromatic rings. The Labute approximate surface area is 136 Å². The molecule has 1 heterocycles. The molecule has 0 unspecified atom stereocenters. The van der Waals surface area contributed by atoms with Crippen LogP contribution in [0.5, 0.6) is 5.75 Å². The summed E-state index contributed by atoms with van der Waals surface area (Å²) in [5.74, 6) is 0.726. The first-order chi connectivity index (χ1) is 10.9. The maximum absolute atomic E-state index is 12.4. The zero-order valence-electron chi connectivity index (χ0n) is 14.1. The Morgan fingerprint density at radius 3 is 2.57 bits per heavy atom. The summed E-state index contributed by atoms with van der Waals surface area (Å²) in [7, 11) is 1.63. The molecule has 2 rings (SSSR count). The fourth-order valence-corrected chi connectivity index (χ4v) is 2.19. The Hall–Kier alpha value is -2.50.